The topological polar surface area (TPSA) is 75.3 Å². The van der Waals surface area contributed by atoms with E-state index in [2.05, 4.69) is 4.72 Å². The van der Waals surface area contributed by atoms with Gasteiger partial charge in [-0.15, -0.1) is 0 Å². The van der Waals surface area contributed by atoms with E-state index in [0.717, 1.165) is 12.1 Å². The number of anilines is 1. The maximum atomic E-state index is 12.4. The molecule has 0 fully saturated rings. The van der Waals surface area contributed by atoms with Gasteiger partial charge in [0.05, 0.1) is 5.02 Å². The molecule has 26 heavy (non-hydrogen) atoms. The van der Waals surface area contributed by atoms with Gasteiger partial charge in [-0.05, 0) is 36.4 Å². The fraction of sp³-hybridized carbons (Fsp3) is 0.133. The van der Waals surface area contributed by atoms with Crippen LogP contribution in [0.15, 0.2) is 47.4 Å². The van der Waals surface area contributed by atoms with E-state index < -0.39 is 28.7 Å². The first-order chi connectivity index (χ1) is 12.0. The molecule has 0 spiro atoms. The molecule has 11 heteroatoms. The minimum absolute atomic E-state index is 0.0271. The van der Waals surface area contributed by atoms with Gasteiger partial charge in [0.1, 0.15) is 11.4 Å². The van der Waals surface area contributed by atoms with E-state index in [9.17, 15) is 26.4 Å². The third kappa shape index (κ3) is 5.52. The van der Waals surface area contributed by atoms with E-state index in [1.165, 1.54) is 30.3 Å². The Labute approximate surface area is 157 Å². The Morgan fingerprint density at radius 3 is 2.42 bits per heavy atom. The third-order valence-corrected chi connectivity index (χ3v) is 5.11. The van der Waals surface area contributed by atoms with Gasteiger partial charge < -0.3 is 5.32 Å². The molecule has 0 aromatic heterocycles. The minimum atomic E-state index is -4.56. The van der Waals surface area contributed by atoms with Crippen LogP contribution in [0.4, 0.5) is 18.9 Å². The monoisotopic (exact) mass is 426 g/mol. The van der Waals surface area contributed by atoms with E-state index in [1.807, 2.05) is 0 Å². The molecule has 0 saturated carbocycles. The van der Waals surface area contributed by atoms with Gasteiger partial charge in [0, 0.05) is 16.3 Å². The second kappa shape index (κ2) is 7.73. The van der Waals surface area contributed by atoms with Crippen molar-refractivity contribution in [2.24, 2.45) is 0 Å². The zero-order valence-electron chi connectivity index (χ0n) is 12.8. The molecule has 2 rings (SSSR count). The summed E-state index contributed by atoms with van der Waals surface area (Å²) in [6.45, 7) is -1.50. The molecule has 0 bridgehead atoms. The molecule has 0 atom stereocenters. The third-order valence-electron chi connectivity index (χ3n) is 3.01. The number of hydrogen-bond donors (Lipinski definition) is 2. The first-order valence-corrected chi connectivity index (χ1v) is 9.15. The zero-order chi connectivity index (χ0) is 19.5. The highest BCUT2D eigenvalue weighted by molar-refractivity contribution is 7.92. The first kappa shape index (κ1) is 20.3. The Morgan fingerprint density at radius 2 is 1.77 bits per heavy atom. The lowest BCUT2D eigenvalue weighted by Gasteiger charge is -2.12. The van der Waals surface area contributed by atoms with Gasteiger partial charge in [-0.2, -0.15) is 13.2 Å². The molecule has 0 saturated heterocycles. The van der Waals surface area contributed by atoms with Crippen LogP contribution in [0.3, 0.4) is 0 Å². The smallest absolute Gasteiger partial charge is 0.343 e. The molecule has 2 N–H and O–H groups in total. The number of rotatable bonds is 5. The van der Waals surface area contributed by atoms with E-state index in [4.69, 9.17) is 23.2 Å². The van der Waals surface area contributed by atoms with Gasteiger partial charge in [0.25, 0.3) is 15.9 Å². The van der Waals surface area contributed by atoms with Gasteiger partial charge in [-0.25, -0.2) is 8.42 Å². The van der Waals surface area contributed by atoms with Crippen molar-refractivity contribution in [3.8, 4) is 0 Å². The summed E-state index contributed by atoms with van der Waals surface area (Å²) in [6.07, 6.45) is -4.56. The summed E-state index contributed by atoms with van der Waals surface area (Å²) in [5.74, 6) is -0.996. The maximum Gasteiger partial charge on any atom is 0.405 e. The molecular weight excluding hydrogens is 416 g/mol. The van der Waals surface area contributed by atoms with Crippen LogP contribution in [-0.2, 0) is 10.0 Å². The van der Waals surface area contributed by atoms with Gasteiger partial charge in [0.15, 0.2) is 0 Å². The number of carbonyl (C=O) groups is 1. The van der Waals surface area contributed by atoms with Crippen LogP contribution in [0.5, 0.6) is 0 Å². The number of halogens is 5. The quantitative estimate of drug-likeness (QED) is 0.755. The molecule has 0 aliphatic heterocycles. The lowest BCUT2D eigenvalue weighted by atomic mass is 10.2. The van der Waals surface area contributed by atoms with Gasteiger partial charge >= 0.3 is 6.18 Å². The van der Waals surface area contributed by atoms with Crippen molar-refractivity contribution in [3.63, 3.8) is 0 Å². The van der Waals surface area contributed by atoms with Gasteiger partial charge in [0.2, 0.25) is 0 Å². The Morgan fingerprint density at radius 1 is 1.08 bits per heavy atom. The van der Waals surface area contributed by atoms with Crippen molar-refractivity contribution < 1.29 is 26.4 Å². The van der Waals surface area contributed by atoms with Gasteiger partial charge in [-0.1, -0.05) is 29.3 Å². The maximum absolute atomic E-state index is 12.4. The van der Waals surface area contributed by atoms with Crippen LogP contribution in [0.1, 0.15) is 10.4 Å². The second-order valence-electron chi connectivity index (χ2n) is 5.06. The van der Waals surface area contributed by atoms with Crippen LogP contribution < -0.4 is 10.0 Å². The highest BCUT2D eigenvalue weighted by atomic mass is 35.5. The average molecular weight is 427 g/mol. The van der Waals surface area contributed by atoms with Gasteiger partial charge in [-0.3, -0.25) is 9.52 Å². The molecule has 1 amide bonds. The van der Waals surface area contributed by atoms with E-state index in [1.54, 1.807) is 5.32 Å². The number of amides is 1. The van der Waals surface area contributed by atoms with E-state index >= 15 is 0 Å². The van der Waals surface area contributed by atoms with Crippen LogP contribution in [0.2, 0.25) is 10.0 Å². The van der Waals surface area contributed by atoms with E-state index in [-0.39, 0.29) is 26.2 Å². The number of hydrogen-bond acceptors (Lipinski definition) is 3. The molecule has 2 aromatic rings. The van der Waals surface area contributed by atoms with Crippen LogP contribution in [-0.4, -0.2) is 27.0 Å². The molecule has 0 heterocycles. The lowest BCUT2D eigenvalue weighted by molar-refractivity contribution is -0.123. The van der Waals surface area contributed by atoms with Crippen LogP contribution in [0.25, 0.3) is 0 Å². The van der Waals surface area contributed by atoms with E-state index in [0.29, 0.717) is 0 Å². The van der Waals surface area contributed by atoms with Crippen molar-refractivity contribution in [3.05, 3.63) is 58.1 Å². The Hall–Kier alpha value is -1.97. The summed E-state index contributed by atoms with van der Waals surface area (Å²) in [4.78, 5) is 11.5. The molecule has 0 aliphatic carbocycles. The van der Waals surface area contributed by atoms with Crippen molar-refractivity contribution in [1.29, 1.82) is 0 Å². The standard InChI is InChI=1S/C15H11Cl2F3N2O3S/c16-10-4-5-12(17)13(7-10)26(24,25)22-11-3-1-2-9(6-11)14(23)21-8-15(18,19)20/h1-7,22H,8H2,(H,21,23). The first-order valence-electron chi connectivity index (χ1n) is 6.91. The summed E-state index contributed by atoms with van der Waals surface area (Å²) in [5.41, 5.74) is -0.174. The molecular formula is C15H11Cl2F3N2O3S. The Kier molecular flexibility index (Phi) is 6.05. The second-order valence-corrected chi connectivity index (χ2v) is 7.55. The fourth-order valence-electron chi connectivity index (χ4n) is 1.90. The Balaban J connectivity index is 2.22. The minimum Gasteiger partial charge on any atom is -0.343 e. The fourth-order valence-corrected chi connectivity index (χ4v) is 3.71. The summed E-state index contributed by atoms with van der Waals surface area (Å²) in [5, 5.41) is 1.78. The zero-order valence-corrected chi connectivity index (χ0v) is 15.1. The lowest BCUT2D eigenvalue weighted by Crippen LogP contribution is -2.33. The highest BCUT2D eigenvalue weighted by Crippen LogP contribution is 2.27. The van der Waals surface area contributed by atoms with Crippen molar-refractivity contribution >= 4 is 44.8 Å². The average Bonchev–Trinajstić information content (AvgIpc) is 2.54. The number of alkyl halides is 3. The number of sulfonamides is 1. The summed E-state index contributed by atoms with van der Waals surface area (Å²) in [6, 6.07) is 8.86. The molecule has 0 radical (unpaired) electrons. The predicted octanol–water partition coefficient (Wildman–Crippen LogP) is 4.09. The number of carbonyl (C=O) groups excluding carboxylic acids is 1. The molecule has 0 unspecified atom stereocenters. The van der Waals surface area contributed by atoms with Crippen molar-refractivity contribution in [1.82, 2.24) is 5.32 Å². The Bertz CT molecular complexity index is 934. The summed E-state index contributed by atoms with van der Waals surface area (Å²) >= 11 is 11.6. The van der Waals surface area contributed by atoms with Crippen molar-refractivity contribution in [2.45, 2.75) is 11.1 Å². The summed E-state index contributed by atoms with van der Waals surface area (Å²) in [7, 11) is -4.12. The van der Waals surface area contributed by atoms with Crippen LogP contribution in [0, 0.1) is 0 Å². The largest absolute Gasteiger partial charge is 0.405 e. The normalized spacial score (nSPS) is 11.9. The highest BCUT2D eigenvalue weighted by Gasteiger charge is 2.28. The molecule has 2 aromatic carbocycles. The van der Waals surface area contributed by atoms with Crippen molar-refractivity contribution in [2.75, 3.05) is 11.3 Å². The molecule has 0 aliphatic rings. The molecule has 140 valence electrons. The predicted molar refractivity (Wildman–Crippen MR) is 92.1 cm³/mol. The number of nitrogens with one attached hydrogen (secondary N) is 2. The number of benzene rings is 2. The molecule has 5 nitrogen and oxygen atoms in total. The van der Waals surface area contributed by atoms with Crippen LogP contribution >= 0.6 is 23.2 Å². The SMILES string of the molecule is O=C(NCC(F)(F)F)c1cccc(NS(=O)(=O)c2cc(Cl)ccc2Cl)c1. The summed E-state index contributed by atoms with van der Waals surface area (Å²) < 4.78 is 63.5.